The zero-order valence-corrected chi connectivity index (χ0v) is 23.8. The van der Waals surface area contributed by atoms with Gasteiger partial charge in [-0.3, -0.25) is 0 Å². The highest BCUT2D eigenvalue weighted by atomic mass is 32.2. The van der Waals surface area contributed by atoms with Gasteiger partial charge in [-0.2, -0.15) is 0 Å². The van der Waals surface area contributed by atoms with Gasteiger partial charge in [0.25, 0.3) is 0 Å². The predicted octanol–water partition coefficient (Wildman–Crippen LogP) is 6.33. The van der Waals surface area contributed by atoms with Gasteiger partial charge in [0.2, 0.25) is 0 Å². The molecule has 31 heavy (non-hydrogen) atoms. The molecule has 0 aliphatic heterocycles. The van der Waals surface area contributed by atoms with Crippen molar-refractivity contribution in [2.75, 3.05) is 20.5 Å². The second kappa shape index (κ2) is 15.0. The van der Waals surface area contributed by atoms with E-state index in [0.29, 0.717) is 6.61 Å². The molecule has 0 aliphatic carbocycles. The maximum Gasteiger partial charge on any atom is 0.192 e. The van der Waals surface area contributed by atoms with Crippen LogP contribution in [-0.4, -0.2) is 49.9 Å². The van der Waals surface area contributed by atoms with Crippen molar-refractivity contribution >= 4 is 19.3 Å². The lowest BCUT2D eigenvalue weighted by atomic mass is 10.1. The first kappa shape index (κ1) is 30.9. The van der Waals surface area contributed by atoms with E-state index in [1.54, 1.807) is 7.11 Å². The second-order valence-electron chi connectivity index (χ2n) is 10.8. The first-order valence-electron chi connectivity index (χ1n) is 11.9. The molecule has 7 heteroatoms. The van der Waals surface area contributed by atoms with E-state index in [0.717, 1.165) is 6.42 Å². The average Bonchev–Trinajstić information content (AvgIpc) is 2.65. The fourth-order valence-corrected chi connectivity index (χ4v) is 4.43. The van der Waals surface area contributed by atoms with Gasteiger partial charge in [0.15, 0.2) is 8.32 Å². The molecule has 5 nitrogen and oxygen atoms in total. The summed E-state index contributed by atoms with van der Waals surface area (Å²) < 4.78 is 33.5. The highest BCUT2D eigenvalue weighted by Crippen LogP contribution is 2.36. The molecule has 3 atom stereocenters. The third-order valence-corrected chi connectivity index (χ3v) is 11.9. The minimum Gasteiger partial charge on any atom is -0.415 e. The summed E-state index contributed by atoms with van der Waals surface area (Å²) in [6, 6.07) is -0.222. The lowest BCUT2D eigenvalue weighted by Gasteiger charge is -2.38. The molecule has 0 aromatic carbocycles. The van der Waals surface area contributed by atoms with E-state index < -0.39 is 19.3 Å². The van der Waals surface area contributed by atoms with Crippen molar-refractivity contribution in [3.8, 4) is 0 Å². The van der Waals surface area contributed by atoms with Crippen molar-refractivity contribution in [3.63, 3.8) is 0 Å². The Morgan fingerprint density at radius 1 is 1.03 bits per heavy atom. The highest BCUT2D eigenvalue weighted by Gasteiger charge is 2.38. The Morgan fingerprint density at radius 3 is 2.16 bits per heavy atom. The van der Waals surface area contributed by atoms with Crippen LogP contribution in [0, 0.1) is 0 Å². The Balaban J connectivity index is 5.34. The summed E-state index contributed by atoms with van der Waals surface area (Å²) in [5.74, 6) is 0. The van der Waals surface area contributed by atoms with Crippen LogP contribution in [0.1, 0.15) is 87.0 Å². The van der Waals surface area contributed by atoms with Crippen LogP contribution in [0.2, 0.25) is 18.1 Å². The van der Waals surface area contributed by atoms with E-state index in [4.69, 9.17) is 13.9 Å². The normalized spacial score (nSPS) is 16.6. The summed E-state index contributed by atoms with van der Waals surface area (Å²) in [7, 11) is -1.55. The number of allylic oxidation sites excluding steroid dienone is 1. The third-order valence-electron chi connectivity index (χ3n) is 5.82. The minimum absolute atomic E-state index is 0.109. The standard InChI is InChI=1S/C24H51NO4SSi/c1-11-12-13-14-15-16-17-18-22(28-20-27-8)21(25-30(26)23(2,3)4)19-29-31(9,10)24(5,6)7/h17-18,21-22,25H,11-16,19-20H2,1-10H3/b18-17+/t21-,22+,30+/m0/s1. The molecule has 0 heterocycles. The molecule has 0 amide bonds. The maximum absolute atomic E-state index is 12.9. The molecule has 0 spiro atoms. The Bertz CT molecular complexity index is 527. The average molecular weight is 478 g/mol. The Hall–Kier alpha value is -0.0531. The zero-order valence-electron chi connectivity index (χ0n) is 22.0. The summed E-state index contributed by atoms with van der Waals surface area (Å²) in [5.41, 5.74) is 0. The smallest absolute Gasteiger partial charge is 0.192 e. The van der Waals surface area contributed by atoms with Crippen molar-refractivity contribution < 1.29 is 18.1 Å². The predicted molar refractivity (Wildman–Crippen MR) is 137 cm³/mol. The fourth-order valence-electron chi connectivity index (χ4n) is 2.57. The fraction of sp³-hybridized carbons (Fsp3) is 0.917. The van der Waals surface area contributed by atoms with Gasteiger partial charge >= 0.3 is 0 Å². The van der Waals surface area contributed by atoms with Gasteiger partial charge < -0.3 is 13.9 Å². The maximum atomic E-state index is 12.9. The van der Waals surface area contributed by atoms with Gasteiger partial charge in [-0.05, 0) is 51.7 Å². The van der Waals surface area contributed by atoms with Gasteiger partial charge in [0, 0.05) is 7.11 Å². The van der Waals surface area contributed by atoms with Crippen molar-refractivity contribution in [1.29, 1.82) is 0 Å². The van der Waals surface area contributed by atoms with E-state index in [9.17, 15) is 4.21 Å². The van der Waals surface area contributed by atoms with E-state index in [1.165, 1.54) is 32.1 Å². The van der Waals surface area contributed by atoms with Crippen molar-refractivity contribution in [1.82, 2.24) is 4.72 Å². The minimum atomic E-state index is -1.95. The summed E-state index contributed by atoms with van der Waals surface area (Å²) >= 11 is 0. The van der Waals surface area contributed by atoms with Crippen LogP contribution >= 0.6 is 0 Å². The van der Waals surface area contributed by atoms with Gasteiger partial charge in [-0.15, -0.1) is 0 Å². The molecule has 0 aliphatic rings. The van der Waals surface area contributed by atoms with Crippen LogP contribution in [0.15, 0.2) is 12.2 Å². The molecule has 0 aromatic rings. The SMILES string of the molecule is CCCCCCC/C=C/[C@@H](OCOC)[C@H](CO[Si](C)(C)C(C)(C)C)N[S@](=O)C(C)(C)C. The second-order valence-corrected chi connectivity index (χ2v) is 17.7. The number of nitrogens with one attached hydrogen (secondary N) is 1. The van der Waals surface area contributed by atoms with Crippen molar-refractivity contribution in [3.05, 3.63) is 12.2 Å². The summed E-state index contributed by atoms with van der Waals surface area (Å²) in [5, 5.41) is 0.109. The lowest BCUT2D eigenvalue weighted by molar-refractivity contribution is -0.0677. The van der Waals surface area contributed by atoms with Crippen molar-refractivity contribution in [2.24, 2.45) is 0 Å². The lowest BCUT2D eigenvalue weighted by Crippen LogP contribution is -2.52. The third kappa shape index (κ3) is 13.3. The van der Waals surface area contributed by atoms with Crippen LogP contribution < -0.4 is 4.72 Å². The van der Waals surface area contributed by atoms with Gasteiger partial charge in [-0.1, -0.05) is 65.5 Å². The van der Waals surface area contributed by atoms with E-state index in [1.807, 2.05) is 20.8 Å². The molecule has 0 bridgehead atoms. The Labute approximate surface area is 196 Å². The van der Waals surface area contributed by atoms with E-state index in [2.05, 4.69) is 57.7 Å². The first-order chi connectivity index (χ1) is 14.3. The number of hydrogen-bond donors (Lipinski definition) is 1. The largest absolute Gasteiger partial charge is 0.415 e. The molecule has 0 fully saturated rings. The molecule has 1 N–H and O–H groups in total. The monoisotopic (exact) mass is 477 g/mol. The molecule has 0 aromatic heterocycles. The van der Waals surface area contributed by atoms with Crippen LogP contribution in [0.25, 0.3) is 0 Å². The quantitative estimate of drug-likeness (QED) is 0.122. The topological polar surface area (TPSA) is 56.8 Å². The van der Waals surface area contributed by atoms with Crippen LogP contribution in [0.3, 0.4) is 0 Å². The number of ether oxygens (including phenoxy) is 2. The molecule has 0 rings (SSSR count). The van der Waals surface area contributed by atoms with Gasteiger partial charge in [0.05, 0.1) is 34.5 Å². The molecule has 0 saturated carbocycles. The summed E-state index contributed by atoms with van der Waals surface area (Å²) in [6.07, 6.45) is 11.3. The Morgan fingerprint density at radius 2 is 1.65 bits per heavy atom. The molecule has 0 unspecified atom stereocenters. The van der Waals surface area contributed by atoms with E-state index >= 15 is 0 Å². The molecular formula is C24H51NO4SSi. The summed E-state index contributed by atoms with van der Waals surface area (Å²) in [4.78, 5) is 0. The molecule has 0 saturated heterocycles. The highest BCUT2D eigenvalue weighted by molar-refractivity contribution is 7.84. The number of rotatable bonds is 16. The van der Waals surface area contributed by atoms with Crippen LogP contribution in [0.4, 0.5) is 0 Å². The Kier molecular flexibility index (Phi) is 14.9. The molecular weight excluding hydrogens is 426 g/mol. The van der Waals surface area contributed by atoms with Crippen LogP contribution in [-0.2, 0) is 24.9 Å². The first-order valence-corrected chi connectivity index (χ1v) is 15.9. The number of hydrogen-bond acceptors (Lipinski definition) is 4. The van der Waals surface area contributed by atoms with Gasteiger partial charge in [0.1, 0.15) is 6.79 Å². The van der Waals surface area contributed by atoms with E-state index in [-0.39, 0.29) is 28.7 Å². The zero-order chi connectivity index (χ0) is 24.1. The molecule has 186 valence electrons. The van der Waals surface area contributed by atoms with Crippen molar-refractivity contribution in [2.45, 2.75) is 122 Å². The number of methoxy groups -OCH3 is 1. The van der Waals surface area contributed by atoms with Gasteiger partial charge in [-0.25, -0.2) is 8.93 Å². The number of unbranched alkanes of at least 4 members (excludes halogenated alkanes) is 5. The molecule has 0 radical (unpaired) electrons. The van der Waals surface area contributed by atoms with Crippen LogP contribution in [0.5, 0.6) is 0 Å². The summed E-state index contributed by atoms with van der Waals surface area (Å²) in [6.45, 7) is 19.9.